The first-order valence-electron chi connectivity index (χ1n) is 12.3. The molecule has 0 bridgehead atoms. The Labute approximate surface area is 233 Å². The van der Waals surface area contributed by atoms with Gasteiger partial charge in [-0.2, -0.15) is 0 Å². The third-order valence-electron chi connectivity index (χ3n) is 7.23. The molecular weight excluding hydrogens is 529 g/mol. The first kappa shape index (κ1) is 23.7. The van der Waals surface area contributed by atoms with E-state index in [9.17, 15) is 9.59 Å². The zero-order chi connectivity index (χ0) is 26.8. The van der Waals surface area contributed by atoms with E-state index in [1.54, 1.807) is 6.08 Å². The number of rotatable bonds is 3. The molecule has 2 aromatic heterocycles. The number of carbonyl (C=O) groups excluding carboxylic acids is 2. The van der Waals surface area contributed by atoms with Crippen LogP contribution in [0.15, 0.2) is 96.6 Å². The number of carbonyl (C=O) groups is 2. The molecule has 1 aliphatic carbocycles. The minimum Gasteiger partial charge on any atom is -0.326 e. The van der Waals surface area contributed by atoms with Crippen LogP contribution in [0.25, 0.3) is 45.1 Å². The minimum atomic E-state index is -0.372. The SMILES string of the molecule is Cn1c(-c2ccc3ccccc3c2)nc2c1cc(C=C1C(=O)c3cc(Cl)c(Cl)cc3C1=O)n2-c1ccccc1. The Morgan fingerprint density at radius 1 is 0.744 bits per heavy atom. The number of allylic oxidation sites excluding steroid dienone is 1. The molecule has 0 atom stereocenters. The van der Waals surface area contributed by atoms with E-state index in [1.165, 1.54) is 12.1 Å². The van der Waals surface area contributed by atoms with Crippen LogP contribution < -0.4 is 0 Å². The van der Waals surface area contributed by atoms with Gasteiger partial charge >= 0.3 is 0 Å². The number of ketones is 2. The van der Waals surface area contributed by atoms with Gasteiger partial charge in [-0.1, -0.05) is 77.8 Å². The quantitative estimate of drug-likeness (QED) is 0.167. The lowest BCUT2D eigenvalue weighted by Gasteiger charge is -2.08. The normalized spacial score (nSPS) is 13.1. The van der Waals surface area contributed by atoms with E-state index in [1.807, 2.05) is 64.7 Å². The van der Waals surface area contributed by atoms with Gasteiger partial charge in [-0.15, -0.1) is 0 Å². The van der Waals surface area contributed by atoms with Crippen LogP contribution in [0.2, 0.25) is 10.0 Å². The minimum absolute atomic E-state index is 0.0677. The number of nitrogens with zero attached hydrogens (tertiary/aromatic N) is 3. The van der Waals surface area contributed by atoms with Gasteiger partial charge in [-0.05, 0) is 53.2 Å². The molecule has 7 rings (SSSR count). The van der Waals surface area contributed by atoms with Crippen molar-refractivity contribution in [2.45, 2.75) is 0 Å². The van der Waals surface area contributed by atoms with E-state index in [0.717, 1.165) is 39.0 Å². The number of Topliss-reactive ketones (excluding diaryl/α,β-unsaturated/α-hetero) is 2. The summed E-state index contributed by atoms with van der Waals surface area (Å²) in [5.41, 5.74) is 4.72. The van der Waals surface area contributed by atoms with E-state index >= 15 is 0 Å². The van der Waals surface area contributed by atoms with E-state index in [2.05, 4.69) is 30.3 Å². The second kappa shape index (κ2) is 8.80. The van der Waals surface area contributed by atoms with Gasteiger partial charge in [-0.3, -0.25) is 14.2 Å². The summed E-state index contributed by atoms with van der Waals surface area (Å²) in [5, 5.41) is 2.78. The molecule has 0 radical (unpaired) electrons. The smallest absolute Gasteiger partial charge is 0.197 e. The van der Waals surface area contributed by atoms with Gasteiger partial charge in [0.05, 0.1) is 26.8 Å². The lowest BCUT2D eigenvalue weighted by molar-refractivity contribution is 0.0990. The van der Waals surface area contributed by atoms with Crippen LogP contribution in [0.3, 0.4) is 0 Å². The zero-order valence-corrected chi connectivity index (χ0v) is 22.2. The van der Waals surface area contributed by atoms with Gasteiger partial charge in [0.1, 0.15) is 5.82 Å². The molecule has 0 amide bonds. The monoisotopic (exact) mass is 547 g/mol. The molecule has 7 heteroatoms. The average molecular weight is 548 g/mol. The number of fused-ring (bicyclic) bond motifs is 3. The largest absolute Gasteiger partial charge is 0.326 e. The van der Waals surface area contributed by atoms with Crippen LogP contribution in [-0.4, -0.2) is 25.7 Å². The number of para-hydroxylation sites is 1. The van der Waals surface area contributed by atoms with Crippen molar-refractivity contribution in [3.05, 3.63) is 123 Å². The fraction of sp³-hybridized carbons (Fsp3) is 0.0312. The molecule has 0 unspecified atom stereocenters. The number of aryl methyl sites for hydroxylation is 1. The van der Waals surface area contributed by atoms with Crippen molar-refractivity contribution in [3.63, 3.8) is 0 Å². The topological polar surface area (TPSA) is 56.9 Å². The van der Waals surface area contributed by atoms with Crippen LogP contribution >= 0.6 is 23.2 Å². The van der Waals surface area contributed by atoms with Crippen LogP contribution in [0.1, 0.15) is 26.4 Å². The van der Waals surface area contributed by atoms with E-state index in [4.69, 9.17) is 28.2 Å². The summed E-state index contributed by atoms with van der Waals surface area (Å²) >= 11 is 12.3. The van der Waals surface area contributed by atoms with Gasteiger partial charge < -0.3 is 4.57 Å². The summed E-state index contributed by atoms with van der Waals surface area (Å²) in [5.74, 6) is 0.0749. The molecule has 39 heavy (non-hydrogen) atoms. The summed E-state index contributed by atoms with van der Waals surface area (Å²) in [6.45, 7) is 0. The Kier molecular flexibility index (Phi) is 5.34. The molecule has 188 valence electrons. The third kappa shape index (κ3) is 3.66. The molecule has 0 saturated carbocycles. The highest BCUT2D eigenvalue weighted by Gasteiger charge is 2.34. The van der Waals surface area contributed by atoms with Crippen molar-refractivity contribution < 1.29 is 9.59 Å². The second-order valence-electron chi connectivity index (χ2n) is 9.53. The van der Waals surface area contributed by atoms with Crippen molar-refractivity contribution in [1.29, 1.82) is 0 Å². The molecule has 0 aliphatic heterocycles. The second-order valence-corrected chi connectivity index (χ2v) is 10.3. The van der Waals surface area contributed by atoms with Crippen LogP contribution in [0.5, 0.6) is 0 Å². The molecule has 0 fully saturated rings. The molecule has 4 aromatic carbocycles. The predicted octanol–water partition coefficient (Wildman–Crippen LogP) is 7.95. The van der Waals surface area contributed by atoms with Crippen molar-refractivity contribution in [1.82, 2.24) is 14.1 Å². The van der Waals surface area contributed by atoms with Crippen LogP contribution in [0.4, 0.5) is 0 Å². The highest BCUT2D eigenvalue weighted by atomic mass is 35.5. The highest BCUT2D eigenvalue weighted by Crippen LogP contribution is 2.36. The number of aromatic nitrogens is 3. The fourth-order valence-corrected chi connectivity index (χ4v) is 5.61. The zero-order valence-electron chi connectivity index (χ0n) is 20.7. The molecule has 6 aromatic rings. The first-order chi connectivity index (χ1) is 18.9. The average Bonchev–Trinajstić information content (AvgIpc) is 3.54. The van der Waals surface area contributed by atoms with Crippen molar-refractivity contribution >= 4 is 62.8 Å². The van der Waals surface area contributed by atoms with Gasteiger partial charge in [0.25, 0.3) is 0 Å². The maximum absolute atomic E-state index is 13.3. The predicted molar refractivity (Wildman–Crippen MR) is 156 cm³/mol. The van der Waals surface area contributed by atoms with Crippen molar-refractivity contribution in [3.8, 4) is 17.1 Å². The van der Waals surface area contributed by atoms with Crippen molar-refractivity contribution in [2.75, 3.05) is 0 Å². The van der Waals surface area contributed by atoms with Gasteiger partial charge in [0.15, 0.2) is 17.2 Å². The summed E-state index contributed by atoms with van der Waals surface area (Å²) in [6.07, 6.45) is 1.64. The molecular formula is C32H19Cl2N3O2. The summed E-state index contributed by atoms with van der Waals surface area (Å²) in [4.78, 5) is 31.6. The third-order valence-corrected chi connectivity index (χ3v) is 7.95. The Morgan fingerprint density at radius 3 is 2.08 bits per heavy atom. The Balaban J connectivity index is 1.42. The van der Waals surface area contributed by atoms with E-state index < -0.39 is 0 Å². The number of benzene rings is 4. The molecule has 0 saturated heterocycles. The van der Waals surface area contributed by atoms with Crippen LogP contribution in [-0.2, 0) is 7.05 Å². The first-order valence-corrected chi connectivity index (χ1v) is 13.1. The highest BCUT2D eigenvalue weighted by molar-refractivity contribution is 6.46. The van der Waals surface area contributed by atoms with E-state index in [-0.39, 0.29) is 38.3 Å². The maximum atomic E-state index is 13.3. The maximum Gasteiger partial charge on any atom is 0.197 e. The molecule has 2 heterocycles. The molecule has 1 aliphatic rings. The standard InChI is InChI=1S/C32H19Cl2N3O2/c1-36-28-15-22(14-25-29(38)23-16-26(33)27(34)17-24(23)30(25)39)37(21-9-3-2-4-10-21)32(28)35-31(36)20-12-11-18-7-5-6-8-19(18)13-20/h2-17H,1H3. The summed E-state index contributed by atoms with van der Waals surface area (Å²) in [7, 11) is 1.97. The molecule has 0 N–H and O–H groups in total. The van der Waals surface area contributed by atoms with E-state index in [0.29, 0.717) is 5.69 Å². The molecule has 0 spiro atoms. The number of halogens is 2. The van der Waals surface area contributed by atoms with Gasteiger partial charge in [0.2, 0.25) is 0 Å². The summed E-state index contributed by atoms with van der Waals surface area (Å²) < 4.78 is 4.00. The number of imidazole rings is 1. The van der Waals surface area contributed by atoms with Gasteiger partial charge in [-0.25, -0.2) is 4.98 Å². The Morgan fingerprint density at radius 2 is 1.38 bits per heavy atom. The Bertz CT molecular complexity index is 1990. The molecule has 5 nitrogen and oxygen atoms in total. The Hall–Kier alpha value is -4.45. The van der Waals surface area contributed by atoms with Crippen molar-refractivity contribution in [2.24, 2.45) is 7.05 Å². The van der Waals surface area contributed by atoms with Crippen LogP contribution in [0, 0.1) is 0 Å². The fourth-order valence-electron chi connectivity index (χ4n) is 5.29. The lowest BCUT2D eigenvalue weighted by atomic mass is 10.1. The van der Waals surface area contributed by atoms with Gasteiger partial charge in [0, 0.05) is 29.4 Å². The number of hydrogen-bond acceptors (Lipinski definition) is 3. The number of hydrogen-bond donors (Lipinski definition) is 0. The lowest BCUT2D eigenvalue weighted by Crippen LogP contribution is -2.03. The summed E-state index contributed by atoms with van der Waals surface area (Å²) in [6, 6.07) is 29.2.